The Morgan fingerprint density at radius 1 is 1.21 bits per heavy atom. The Morgan fingerprint density at radius 2 is 2.00 bits per heavy atom. The average molecular weight is 288 g/mol. The molecule has 2 fully saturated rings. The number of hydrogen-bond donors (Lipinski definition) is 1. The molecule has 4 nitrogen and oxygen atoms in total. The fourth-order valence-corrected chi connectivity index (χ4v) is 4.67. The molecule has 0 spiro atoms. The summed E-state index contributed by atoms with van der Waals surface area (Å²) in [5.41, 5.74) is 0. The largest absolute Gasteiger partial charge is 0.314 e. The lowest BCUT2D eigenvalue weighted by Crippen LogP contribution is -2.43. The topological polar surface area (TPSA) is 49.4 Å². The molecule has 0 bridgehead atoms. The van der Waals surface area contributed by atoms with Crippen molar-refractivity contribution in [1.29, 1.82) is 0 Å². The number of likely N-dealkylation sites (tertiary alicyclic amines) is 1. The lowest BCUT2D eigenvalue weighted by Gasteiger charge is -2.33. The van der Waals surface area contributed by atoms with Gasteiger partial charge >= 0.3 is 0 Å². The number of nitrogens with one attached hydrogen (secondary N) is 1. The van der Waals surface area contributed by atoms with Crippen LogP contribution in [0.1, 0.15) is 38.5 Å². The molecule has 0 aromatic heterocycles. The lowest BCUT2D eigenvalue weighted by molar-refractivity contribution is 0.199. The van der Waals surface area contributed by atoms with E-state index in [0.29, 0.717) is 6.04 Å². The summed E-state index contributed by atoms with van der Waals surface area (Å²) in [4.78, 5) is 2.40. The monoisotopic (exact) mass is 288 g/mol. The van der Waals surface area contributed by atoms with Crippen molar-refractivity contribution in [3.8, 4) is 0 Å². The van der Waals surface area contributed by atoms with Gasteiger partial charge in [-0.25, -0.2) is 8.42 Å². The zero-order valence-corrected chi connectivity index (χ0v) is 13.1. The molecule has 1 heterocycles. The Kier molecular flexibility index (Phi) is 5.26. The summed E-state index contributed by atoms with van der Waals surface area (Å²) in [6.07, 6.45) is 7.81. The molecule has 3 atom stereocenters. The Labute approximate surface area is 117 Å². The lowest BCUT2D eigenvalue weighted by atomic mass is 9.93. The molecule has 112 valence electrons. The van der Waals surface area contributed by atoms with Crippen molar-refractivity contribution in [3.05, 3.63) is 0 Å². The van der Waals surface area contributed by atoms with Crippen LogP contribution in [-0.4, -0.2) is 57.5 Å². The fraction of sp³-hybridized carbons (Fsp3) is 1.00. The van der Waals surface area contributed by atoms with E-state index in [0.717, 1.165) is 38.1 Å². The molecule has 0 aromatic rings. The maximum Gasteiger partial charge on any atom is 0.150 e. The highest BCUT2D eigenvalue weighted by Gasteiger charge is 2.29. The molecule has 0 amide bonds. The molecule has 2 aliphatic rings. The minimum Gasteiger partial charge on any atom is -0.314 e. The van der Waals surface area contributed by atoms with Crippen LogP contribution in [0.2, 0.25) is 0 Å². The van der Waals surface area contributed by atoms with Crippen LogP contribution >= 0.6 is 0 Å². The van der Waals surface area contributed by atoms with Crippen molar-refractivity contribution in [1.82, 2.24) is 10.2 Å². The number of rotatable bonds is 4. The van der Waals surface area contributed by atoms with Gasteiger partial charge in [-0.15, -0.1) is 0 Å². The first-order valence-electron chi connectivity index (χ1n) is 7.56. The van der Waals surface area contributed by atoms with Gasteiger partial charge in [0.15, 0.2) is 0 Å². The van der Waals surface area contributed by atoms with E-state index in [1.807, 2.05) is 0 Å². The van der Waals surface area contributed by atoms with Gasteiger partial charge in [0, 0.05) is 18.8 Å². The number of nitrogens with zero attached hydrogens (tertiary/aromatic N) is 1. The summed E-state index contributed by atoms with van der Waals surface area (Å²) in [5.74, 6) is 0.734. The van der Waals surface area contributed by atoms with Crippen LogP contribution in [0.15, 0.2) is 0 Å². The molecule has 2 rings (SSSR count). The van der Waals surface area contributed by atoms with Gasteiger partial charge in [-0.2, -0.15) is 0 Å². The van der Waals surface area contributed by atoms with Gasteiger partial charge in [-0.1, -0.05) is 6.42 Å². The minimum absolute atomic E-state index is 0.118. The molecular weight excluding hydrogens is 260 g/mol. The van der Waals surface area contributed by atoms with Crippen molar-refractivity contribution >= 4 is 9.84 Å². The molecule has 0 aromatic carbocycles. The van der Waals surface area contributed by atoms with E-state index >= 15 is 0 Å². The van der Waals surface area contributed by atoms with Gasteiger partial charge in [0.1, 0.15) is 9.84 Å². The van der Waals surface area contributed by atoms with Crippen LogP contribution in [0, 0.1) is 5.92 Å². The maximum atomic E-state index is 11.6. The Hall–Kier alpha value is -0.130. The summed E-state index contributed by atoms with van der Waals surface area (Å²) in [7, 11) is -0.672. The normalized spacial score (nSPS) is 34.3. The van der Waals surface area contributed by atoms with Gasteiger partial charge in [0.05, 0.1) is 5.25 Å². The highest BCUT2D eigenvalue weighted by atomic mass is 32.2. The van der Waals surface area contributed by atoms with E-state index in [-0.39, 0.29) is 5.25 Å². The van der Waals surface area contributed by atoms with E-state index in [2.05, 4.69) is 17.3 Å². The van der Waals surface area contributed by atoms with E-state index < -0.39 is 9.84 Å². The quantitative estimate of drug-likeness (QED) is 0.846. The van der Waals surface area contributed by atoms with Crippen molar-refractivity contribution in [2.45, 2.75) is 49.8 Å². The van der Waals surface area contributed by atoms with E-state index in [1.54, 1.807) is 0 Å². The predicted octanol–water partition coefficient (Wildman–Crippen LogP) is 1.27. The van der Waals surface area contributed by atoms with Crippen LogP contribution in [0.3, 0.4) is 0 Å². The van der Waals surface area contributed by atoms with Crippen LogP contribution < -0.4 is 5.32 Å². The Morgan fingerprint density at radius 3 is 2.68 bits per heavy atom. The SMILES string of the molecule is CN1CCCC(CNC2CCCC(S(C)(=O)=O)C2)C1. The first-order valence-corrected chi connectivity index (χ1v) is 9.51. The third-order valence-electron chi connectivity index (χ3n) is 4.65. The highest BCUT2D eigenvalue weighted by molar-refractivity contribution is 7.91. The van der Waals surface area contributed by atoms with Gasteiger partial charge in [0.25, 0.3) is 0 Å². The van der Waals surface area contributed by atoms with E-state index in [9.17, 15) is 8.42 Å². The predicted molar refractivity (Wildman–Crippen MR) is 79.1 cm³/mol. The zero-order chi connectivity index (χ0) is 13.9. The maximum absolute atomic E-state index is 11.6. The van der Waals surface area contributed by atoms with Crippen molar-refractivity contribution in [3.63, 3.8) is 0 Å². The Bertz CT molecular complexity index is 383. The van der Waals surface area contributed by atoms with Gasteiger partial charge < -0.3 is 10.2 Å². The molecule has 1 aliphatic carbocycles. The summed E-state index contributed by atoms with van der Waals surface area (Å²) in [6.45, 7) is 3.44. The summed E-state index contributed by atoms with van der Waals surface area (Å²) >= 11 is 0. The van der Waals surface area contributed by atoms with Crippen molar-refractivity contribution < 1.29 is 8.42 Å². The van der Waals surface area contributed by atoms with Crippen LogP contribution in [0.4, 0.5) is 0 Å². The van der Waals surface area contributed by atoms with Gasteiger partial charge in [-0.3, -0.25) is 0 Å². The third-order valence-corrected chi connectivity index (χ3v) is 6.29. The van der Waals surface area contributed by atoms with Crippen LogP contribution in [0.5, 0.6) is 0 Å². The third kappa shape index (κ3) is 4.72. The number of hydrogen-bond acceptors (Lipinski definition) is 4. The van der Waals surface area contributed by atoms with Crippen LogP contribution in [0.25, 0.3) is 0 Å². The molecular formula is C14H28N2O2S. The smallest absolute Gasteiger partial charge is 0.150 e. The molecule has 1 saturated heterocycles. The molecule has 1 aliphatic heterocycles. The first-order chi connectivity index (χ1) is 8.95. The standard InChI is InChI=1S/C14H28N2O2S/c1-16-8-4-5-12(11-16)10-15-13-6-3-7-14(9-13)19(2,17)18/h12-15H,3-11H2,1-2H3. The van der Waals surface area contributed by atoms with Crippen molar-refractivity contribution in [2.24, 2.45) is 5.92 Å². The summed E-state index contributed by atoms with van der Waals surface area (Å²) in [5, 5.41) is 3.51. The molecule has 5 heteroatoms. The van der Waals surface area contributed by atoms with E-state index in [1.165, 1.54) is 32.2 Å². The fourth-order valence-electron chi connectivity index (χ4n) is 3.49. The zero-order valence-electron chi connectivity index (χ0n) is 12.3. The summed E-state index contributed by atoms with van der Waals surface area (Å²) < 4.78 is 23.3. The second kappa shape index (κ2) is 6.55. The molecule has 3 unspecified atom stereocenters. The van der Waals surface area contributed by atoms with E-state index in [4.69, 9.17) is 0 Å². The number of piperidine rings is 1. The molecule has 1 N–H and O–H groups in total. The first kappa shape index (κ1) is 15.3. The number of sulfone groups is 1. The van der Waals surface area contributed by atoms with Crippen LogP contribution in [-0.2, 0) is 9.84 Å². The molecule has 19 heavy (non-hydrogen) atoms. The summed E-state index contributed by atoms with van der Waals surface area (Å²) in [6, 6.07) is 0.403. The van der Waals surface area contributed by atoms with Gasteiger partial charge in [0.2, 0.25) is 0 Å². The highest BCUT2D eigenvalue weighted by Crippen LogP contribution is 2.24. The minimum atomic E-state index is -2.86. The average Bonchev–Trinajstić information content (AvgIpc) is 2.36. The second-order valence-corrected chi connectivity index (χ2v) is 8.82. The Balaban J connectivity index is 1.76. The second-order valence-electron chi connectivity index (χ2n) is 6.49. The molecule has 0 radical (unpaired) electrons. The van der Waals surface area contributed by atoms with Crippen molar-refractivity contribution in [2.75, 3.05) is 32.9 Å². The van der Waals surface area contributed by atoms with Gasteiger partial charge in [-0.05, 0) is 58.2 Å². The molecule has 1 saturated carbocycles.